The molecule has 1 saturated heterocycles. The van der Waals surface area contributed by atoms with Crippen LogP contribution in [0.1, 0.15) is 20.8 Å². The van der Waals surface area contributed by atoms with Crippen molar-refractivity contribution in [3.8, 4) is 0 Å². The van der Waals surface area contributed by atoms with Gasteiger partial charge in [-0.1, -0.05) is 0 Å². The van der Waals surface area contributed by atoms with E-state index in [1.165, 1.54) is 19.6 Å². The van der Waals surface area contributed by atoms with Crippen molar-refractivity contribution < 1.29 is 0 Å². The van der Waals surface area contributed by atoms with E-state index in [0.29, 0.717) is 0 Å². The summed E-state index contributed by atoms with van der Waals surface area (Å²) < 4.78 is 0. The van der Waals surface area contributed by atoms with E-state index < -0.39 is 0 Å². The summed E-state index contributed by atoms with van der Waals surface area (Å²) >= 11 is 0. The lowest BCUT2D eigenvalue weighted by Gasteiger charge is -2.29. The molecule has 0 aromatic carbocycles. The van der Waals surface area contributed by atoms with E-state index in [-0.39, 0.29) is 5.54 Å². The molecule has 0 aromatic heterocycles. The molecule has 0 spiro atoms. The molecule has 1 aliphatic rings. The third-order valence-corrected chi connectivity index (χ3v) is 2.29. The van der Waals surface area contributed by atoms with E-state index in [1.807, 2.05) is 0 Å². The summed E-state index contributed by atoms with van der Waals surface area (Å²) in [6.45, 7) is 13.6. The Balaban J connectivity index is 2.04. The van der Waals surface area contributed by atoms with Crippen LogP contribution in [0.15, 0.2) is 0 Å². The molecule has 0 amide bonds. The Bertz CT molecular complexity index is 134. The highest BCUT2D eigenvalue weighted by molar-refractivity contribution is 4.73. The Hall–Kier alpha value is -0.120. The molecule has 0 aliphatic carbocycles. The van der Waals surface area contributed by atoms with Gasteiger partial charge in [0.15, 0.2) is 0 Å². The average Bonchev–Trinajstić information content (AvgIpc) is 2.04. The van der Waals surface area contributed by atoms with E-state index in [1.54, 1.807) is 0 Å². The average molecular weight is 185 g/mol. The second-order valence-electron chi connectivity index (χ2n) is 4.77. The summed E-state index contributed by atoms with van der Waals surface area (Å²) in [5.41, 5.74) is 0.258. The van der Waals surface area contributed by atoms with Gasteiger partial charge in [0.25, 0.3) is 0 Å². The molecule has 0 unspecified atom stereocenters. The van der Waals surface area contributed by atoms with Gasteiger partial charge >= 0.3 is 0 Å². The highest BCUT2D eigenvalue weighted by Gasteiger charge is 2.11. The maximum atomic E-state index is 3.51. The van der Waals surface area contributed by atoms with Gasteiger partial charge in [-0.05, 0) is 20.8 Å². The molecule has 3 nitrogen and oxygen atoms in total. The van der Waals surface area contributed by atoms with Crippen molar-refractivity contribution in [3.63, 3.8) is 0 Å². The first-order chi connectivity index (χ1) is 6.08. The number of piperazine rings is 1. The highest BCUT2D eigenvalue weighted by atomic mass is 15.2. The molecule has 0 aromatic rings. The zero-order valence-electron chi connectivity index (χ0n) is 9.19. The zero-order valence-corrected chi connectivity index (χ0v) is 9.19. The lowest BCUT2D eigenvalue weighted by molar-refractivity contribution is 0.233. The fraction of sp³-hybridized carbons (Fsp3) is 1.00. The number of nitrogens with one attached hydrogen (secondary N) is 2. The Morgan fingerprint density at radius 1 is 1.23 bits per heavy atom. The van der Waals surface area contributed by atoms with E-state index in [9.17, 15) is 0 Å². The van der Waals surface area contributed by atoms with E-state index in [0.717, 1.165) is 19.6 Å². The molecule has 0 atom stereocenters. The quantitative estimate of drug-likeness (QED) is 0.661. The van der Waals surface area contributed by atoms with Crippen LogP contribution < -0.4 is 10.6 Å². The minimum absolute atomic E-state index is 0.258. The van der Waals surface area contributed by atoms with Gasteiger partial charge in [0, 0.05) is 44.8 Å². The van der Waals surface area contributed by atoms with Crippen LogP contribution in [0.2, 0.25) is 0 Å². The standard InChI is InChI=1S/C10H23N3/c1-10(2,3)12-6-9-13-7-4-11-5-8-13/h11-12H,4-9H2,1-3H3. The Labute approximate surface area is 81.9 Å². The number of nitrogens with zero attached hydrogens (tertiary/aromatic N) is 1. The highest BCUT2D eigenvalue weighted by Crippen LogP contribution is 1.98. The molecule has 0 bridgehead atoms. The predicted octanol–water partition coefficient (Wildman–Crippen LogP) is 0.280. The van der Waals surface area contributed by atoms with Gasteiger partial charge < -0.3 is 10.6 Å². The summed E-state index contributed by atoms with van der Waals surface area (Å²) in [4.78, 5) is 2.51. The van der Waals surface area contributed by atoms with Crippen molar-refractivity contribution in [2.75, 3.05) is 39.3 Å². The molecule has 13 heavy (non-hydrogen) atoms. The van der Waals surface area contributed by atoms with E-state index in [2.05, 4.69) is 36.3 Å². The van der Waals surface area contributed by atoms with Crippen molar-refractivity contribution in [3.05, 3.63) is 0 Å². The van der Waals surface area contributed by atoms with Crippen LogP contribution in [0.5, 0.6) is 0 Å². The van der Waals surface area contributed by atoms with E-state index in [4.69, 9.17) is 0 Å². The van der Waals surface area contributed by atoms with Crippen LogP contribution in [-0.2, 0) is 0 Å². The third kappa shape index (κ3) is 5.24. The molecule has 1 heterocycles. The van der Waals surface area contributed by atoms with Crippen LogP contribution >= 0.6 is 0 Å². The third-order valence-electron chi connectivity index (χ3n) is 2.29. The van der Waals surface area contributed by atoms with Crippen molar-refractivity contribution in [2.45, 2.75) is 26.3 Å². The molecule has 1 rings (SSSR count). The minimum Gasteiger partial charge on any atom is -0.314 e. The van der Waals surface area contributed by atoms with Crippen molar-refractivity contribution >= 4 is 0 Å². The van der Waals surface area contributed by atoms with Crippen LogP contribution in [-0.4, -0.2) is 49.7 Å². The summed E-state index contributed by atoms with van der Waals surface area (Å²) in [5.74, 6) is 0. The summed E-state index contributed by atoms with van der Waals surface area (Å²) in [6, 6.07) is 0. The van der Waals surface area contributed by atoms with Crippen molar-refractivity contribution in [2.24, 2.45) is 0 Å². The second kappa shape index (κ2) is 4.94. The Morgan fingerprint density at radius 3 is 2.38 bits per heavy atom. The molecule has 0 saturated carbocycles. The zero-order chi connectivity index (χ0) is 9.73. The van der Waals surface area contributed by atoms with Gasteiger partial charge in [-0.3, -0.25) is 4.90 Å². The molecule has 3 heteroatoms. The lowest BCUT2D eigenvalue weighted by atomic mass is 10.1. The van der Waals surface area contributed by atoms with Gasteiger partial charge in [0.2, 0.25) is 0 Å². The van der Waals surface area contributed by atoms with Gasteiger partial charge in [-0.25, -0.2) is 0 Å². The summed E-state index contributed by atoms with van der Waals surface area (Å²) in [6.07, 6.45) is 0. The van der Waals surface area contributed by atoms with Crippen molar-refractivity contribution in [1.29, 1.82) is 0 Å². The normalized spacial score (nSPS) is 20.5. The molecule has 1 aliphatic heterocycles. The monoisotopic (exact) mass is 185 g/mol. The minimum atomic E-state index is 0.258. The van der Waals surface area contributed by atoms with Crippen molar-refractivity contribution in [1.82, 2.24) is 15.5 Å². The number of hydrogen-bond acceptors (Lipinski definition) is 3. The largest absolute Gasteiger partial charge is 0.314 e. The summed E-state index contributed by atoms with van der Waals surface area (Å²) in [7, 11) is 0. The number of hydrogen-bond donors (Lipinski definition) is 2. The summed E-state index contributed by atoms with van der Waals surface area (Å²) in [5, 5.41) is 6.87. The van der Waals surface area contributed by atoms with Crippen LogP contribution in [0.4, 0.5) is 0 Å². The Morgan fingerprint density at radius 2 is 1.85 bits per heavy atom. The van der Waals surface area contributed by atoms with Gasteiger partial charge in [-0.15, -0.1) is 0 Å². The van der Waals surface area contributed by atoms with Crippen LogP contribution in [0.3, 0.4) is 0 Å². The van der Waals surface area contributed by atoms with Gasteiger partial charge in [0.05, 0.1) is 0 Å². The van der Waals surface area contributed by atoms with Crippen LogP contribution in [0.25, 0.3) is 0 Å². The van der Waals surface area contributed by atoms with Gasteiger partial charge in [-0.2, -0.15) is 0 Å². The fourth-order valence-electron chi connectivity index (χ4n) is 1.52. The molecule has 1 fully saturated rings. The molecular formula is C10H23N3. The molecule has 0 radical (unpaired) electrons. The maximum absolute atomic E-state index is 3.51. The first-order valence-corrected chi connectivity index (χ1v) is 5.26. The molecule has 2 N–H and O–H groups in total. The first kappa shape index (κ1) is 11.0. The molecule has 78 valence electrons. The van der Waals surface area contributed by atoms with Crippen LogP contribution in [0, 0.1) is 0 Å². The maximum Gasteiger partial charge on any atom is 0.0108 e. The first-order valence-electron chi connectivity index (χ1n) is 5.26. The second-order valence-corrected chi connectivity index (χ2v) is 4.77. The topological polar surface area (TPSA) is 27.3 Å². The SMILES string of the molecule is CC(C)(C)NCCN1CCNCC1. The lowest BCUT2D eigenvalue weighted by Crippen LogP contribution is -2.47. The fourth-order valence-corrected chi connectivity index (χ4v) is 1.52. The predicted molar refractivity (Wildman–Crippen MR) is 57.1 cm³/mol. The Kier molecular flexibility index (Phi) is 4.16. The molecular weight excluding hydrogens is 162 g/mol. The number of rotatable bonds is 3. The smallest absolute Gasteiger partial charge is 0.0108 e. The van der Waals surface area contributed by atoms with Gasteiger partial charge in [0.1, 0.15) is 0 Å². The van der Waals surface area contributed by atoms with E-state index >= 15 is 0 Å².